The van der Waals surface area contributed by atoms with Gasteiger partial charge < -0.3 is 29.0 Å². The normalized spacial score (nSPS) is 10.9. The number of ketones is 1. The highest BCUT2D eigenvalue weighted by Gasteiger charge is 2.17. The van der Waals surface area contributed by atoms with Crippen LogP contribution in [0.4, 0.5) is 15.8 Å². The Hall–Kier alpha value is -5.06. The molecule has 0 fully saturated rings. The number of nitrogens with one attached hydrogen (secondary N) is 1. The Balaban J connectivity index is 1.86. The fourth-order valence-electron chi connectivity index (χ4n) is 3.70. The minimum absolute atomic E-state index is 0.0373. The number of halogens is 1. The number of carbonyl (C=O) groups excluding carboxylic acids is 1. The Bertz CT molecular complexity index is 1410. The minimum Gasteiger partial charge on any atom is -0.493 e. The van der Waals surface area contributed by atoms with E-state index in [-0.39, 0.29) is 28.4 Å². The highest BCUT2D eigenvalue weighted by atomic mass is 19.1. The number of nitro benzene ring substituents is 1. The molecule has 0 saturated heterocycles. The van der Waals surface area contributed by atoms with Gasteiger partial charge in [-0.25, -0.2) is 4.39 Å². The second-order valence-corrected chi connectivity index (χ2v) is 7.86. The van der Waals surface area contributed by atoms with Crippen LogP contribution in [0, 0.1) is 15.9 Å². The van der Waals surface area contributed by atoms with E-state index in [0.717, 1.165) is 6.07 Å². The second-order valence-electron chi connectivity index (χ2n) is 7.86. The number of nitrogens with zero attached hydrogens (tertiary/aromatic N) is 1. The van der Waals surface area contributed by atoms with Crippen molar-refractivity contribution in [2.24, 2.45) is 0 Å². The van der Waals surface area contributed by atoms with Gasteiger partial charge in [-0.1, -0.05) is 12.2 Å². The molecule has 0 spiro atoms. The van der Waals surface area contributed by atoms with Gasteiger partial charge in [0.25, 0.3) is 0 Å². The molecule has 0 saturated carbocycles. The maximum atomic E-state index is 14.8. The van der Waals surface area contributed by atoms with E-state index in [2.05, 4.69) is 5.32 Å². The zero-order valence-electron chi connectivity index (χ0n) is 21.9. The third-order valence-corrected chi connectivity index (χ3v) is 5.56. The summed E-state index contributed by atoms with van der Waals surface area (Å²) >= 11 is 0. The van der Waals surface area contributed by atoms with Gasteiger partial charge in [0.15, 0.2) is 34.6 Å². The van der Waals surface area contributed by atoms with Crippen molar-refractivity contribution in [1.82, 2.24) is 0 Å². The summed E-state index contributed by atoms with van der Waals surface area (Å²) < 4.78 is 41.0. The van der Waals surface area contributed by atoms with Crippen LogP contribution in [0.15, 0.2) is 54.7 Å². The average molecular weight is 539 g/mol. The zero-order valence-corrected chi connectivity index (χ0v) is 21.9. The summed E-state index contributed by atoms with van der Waals surface area (Å²) in [5.74, 6) is 0.231. The molecule has 3 aromatic carbocycles. The average Bonchev–Trinajstić information content (AvgIpc) is 2.94. The van der Waals surface area contributed by atoms with Crippen molar-refractivity contribution >= 4 is 29.3 Å². The highest BCUT2D eigenvalue weighted by molar-refractivity contribution is 6.05. The molecule has 0 aliphatic carbocycles. The molecule has 0 bridgehead atoms. The number of hydrogen-bond acceptors (Lipinski definition) is 9. The first-order chi connectivity index (χ1) is 18.8. The number of carbonyl (C=O) groups is 1. The van der Waals surface area contributed by atoms with Gasteiger partial charge in [0.2, 0.25) is 5.75 Å². The van der Waals surface area contributed by atoms with Gasteiger partial charge in [0.05, 0.1) is 46.2 Å². The molecule has 3 aromatic rings. The molecule has 3 rings (SSSR count). The fraction of sp³-hybridized carbons (Fsp3) is 0.179. The van der Waals surface area contributed by atoms with E-state index in [1.54, 1.807) is 30.4 Å². The number of hydrogen-bond donors (Lipinski definition) is 1. The van der Waals surface area contributed by atoms with Crippen molar-refractivity contribution in [2.75, 3.05) is 40.9 Å². The molecular weight excluding hydrogens is 511 g/mol. The molecule has 0 heterocycles. The summed E-state index contributed by atoms with van der Waals surface area (Å²) in [5, 5.41) is 14.1. The lowest BCUT2D eigenvalue weighted by molar-refractivity contribution is -0.385. The predicted molar refractivity (Wildman–Crippen MR) is 145 cm³/mol. The molecular formula is C28H27FN2O8. The number of rotatable bonds is 12. The van der Waals surface area contributed by atoms with E-state index in [0.29, 0.717) is 28.4 Å². The summed E-state index contributed by atoms with van der Waals surface area (Å²) in [6, 6.07) is 10.3. The van der Waals surface area contributed by atoms with Crippen LogP contribution < -0.4 is 29.0 Å². The Labute approximate surface area is 224 Å². The van der Waals surface area contributed by atoms with E-state index < -0.39 is 16.5 Å². The summed E-state index contributed by atoms with van der Waals surface area (Å²) in [6.07, 6.45) is 5.88. The molecule has 0 aliphatic rings. The first-order valence-electron chi connectivity index (χ1n) is 11.4. The molecule has 39 heavy (non-hydrogen) atoms. The van der Waals surface area contributed by atoms with Crippen LogP contribution in [-0.4, -0.2) is 46.3 Å². The van der Waals surface area contributed by atoms with Crippen molar-refractivity contribution in [1.29, 1.82) is 0 Å². The number of anilines is 1. The Morgan fingerprint density at radius 1 is 0.821 bits per heavy atom. The molecule has 0 atom stereocenters. The first kappa shape index (κ1) is 28.5. The Kier molecular flexibility index (Phi) is 9.47. The summed E-state index contributed by atoms with van der Waals surface area (Å²) in [4.78, 5) is 23.2. The zero-order chi connectivity index (χ0) is 28.5. The second kappa shape index (κ2) is 13.0. The van der Waals surface area contributed by atoms with Gasteiger partial charge in [-0.05, 0) is 47.5 Å². The SMILES string of the molecule is COc1ccc(C(=O)/C=C\Nc2cc(/C=C\c3cc(OC)c(OC)c(OC)c3)cc(F)c2OC)cc1[N+](=O)[O-]. The molecule has 1 N–H and O–H groups in total. The lowest BCUT2D eigenvalue weighted by Crippen LogP contribution is -2.01. The largest absolute Gasteiger partial charge is 0.493 e. The molecule has 0 amide bonds. The van der Waals surface area contributed by atoms with Crippen LogP contribution in [0.25, 0.3) is 12.2 Å². The van der Waals surface area contributed by atoms with Crippen LogP contribution in [0.1, 0.15) is 21.5 Å². The van der Waals surface area contributed by atoms with Crippen LogP contribution in [0.3, 0.4) is 0 Å². The lowest BCUT2D eigenvalue weighted by Gasteiger charge is -2.13. The third-order valence-electron chi connectivity index (χ3n) is 5.56. The molecule has 11 heteroatoms. The van der Waals surface area contributed by atoms with E-state index in [4.69, 9.17) is 23.7 Å². The lowest BCUT2D eigenvalue weighted by atomic mass is 10.1. The highest BCUT2D eigenvalue weighted by Crippen LogP contribution is 2.39. The number of ether oxygens (including phenoxy) is 5. The molecule has 0 aliphatic heterocycles. The number of methoxy groups -OCH3 is 5. The fourth-order valence-corrected chi connectivity index (χ4v) is 3.70. The molecule has 10 nitrogen and oxygen atoms in total. The molecule has 0 aromatic heterocycles. The minimum atomic E-state index is -0.637. The van der Waals surface area contributed by atoms with Crippen LogP contribution in [-0.2, 0) is 0 Å². The summed E-state index contributed by atoms with van der Waals surface area (Å²) in [6.45, 7) is 0. The van der Waals surface area contributed by atoms with E-state index in [9.17, 15) is 19.3 Å². The number of benzene rings is 3. The number of nitro groups is 1. The third kappa shape index (κ3) is 6.63. The Morgan fingerprint density at radius 2 is 1.41 bits per heavy atom. The van der Waals surface area contributed by atoms with Crippen molar-refractivity contribution < 1.29 is 37.8 Å². The van der Waals surface area contributed by atoms with E-state index in [1.807, 2.05) is 0 Å². The quantitative estimate of drug-likeness (QED) is 0.101. The topological polar surface area (TPSA) is 118 Å². The molecule has 204 valence electrons. The van der Waals surface area contributed by atoms with Crippen molar-refractivity contribution in [3.05, 3.63) is 87.4 Å². The summed E-state index contributed by atoms with van der Waals surface area (Å²) in [5.41, 5.74) is 1.22. The predicted octanol–water partition coefficient (Wildman–Crippen LogP) is 5.76. The van der Waals surface area contributed by atoms with E-state index >= 15 is 0 Å². The smallest absolute Gasteiger partial charge is 0.311 e. The van der Waals surface area contributed by atoms with Gasteiger partial charge in [-0.15, -0.1) is 0 Å². The van der Waals surface area contributed by atoms with Crippen LogP contribution in [0.2, 0.25) is 0 Å². The summed E-state index contributed by atoms with van der Waals surface area (Å²) in [7, 11) is 7.15. The van der Waals surface area contributed by atoms with Crippen LogP contribution in [0.5, 0.6) is 28.7 Å². The van der Waals surface area contributed by atoms with Gasteiger partial charge in [-0.2, -0.15) is 0 Å². The van der Waals surface area contributed by atoms with Gasteiger partial charge in [-0.3, -0.25) is 14.9 Å². The Morgan fingerprint density at radius 3 is 1.95 bits per heavy atom. The van der Waals surface area contributed by atoms with Crippen LogP contribution >= 0.6 is 0 Å². The van der Waals surface area contributed by atoms with E-state index in [1.165, 1.54) is 66.0 Å². The van der Waals surface area contributed by atoms with Gasteiger partial charge in [0.1, 0.15) is 0 Å². The number of allylic oxidation sites excluding steroid dienone is 1. The monoisotopic (exact) mass is 538 g/mol. The maximum absolute atomic E-state index is 14.8. The maximum Gasteiger partial charge on any atom is 0.311 e. The van der Waals surface area contributed by atoms with Gasteiger partial charge in [0, 0.05) is 23.9 Å². The first-order valence-corrected chi connectivity index (χ1v) is 11.4. The standard InChI is InChI=1S/C28H27FN2O8/c1-35-24-9-8-19(16-22(24)31(33)34)23(32)10-11-30-21-13-17(12-20(29)27(21)38-4)6-7-18-14-25(36-2)28(39-5)26(15-18)37-3/h6-16,30H,1-5H3/b7-6-,11-10-. The van der Waals surface area contributed by atoms with Crippen molar-refractivity contribution in [3.63, 3.8) is 0 Å². The van der Waals surface area contributed by atoms with Crippen molar-refractivity contribution in [3.8, 4) is 28.7 Å². The van der Waals surface area contributed by atoms with Crippen molar-refractivity contribution in [2.45, 2.75) is 0 Å². The molecule has 0 unspecified atom stereocenters. The van der Waals surface area contributed by atoms with Gasteiger partial charge >= 0.3 is 5.69 Å². The molecule has 0 radical (unpaired) electrons.